The van der Waals surface area contributed by atoms with Crippen molar-refractivity contribution in [1.82, 2.24) is 10.6 Å². The normalized spacial score (nSPS) is 20.2. The van der Waals surface area contributed by atoms with E-state index in [1.807, 2.05) is 0 Å². The largest absolute Gasteiger partial charge is 0.312 e. The number of nitrogens with one attached hydrogen (secondary N) is 2. The Morgan fingerprint density at radius 1 is 1.31 bits per heavy atom. The predicted octanol–water partition coefficient (Wildman–Crippen LogP) is 1.97. The molecule has 3 rings (SSSR count). The second-order valence-electron chi connectivity index (χ2n) is 4.99. The number of hydrogen-bond donors (Lipinski definition) is 2. The van der Waals surface area contributed by atoms with Gasteiger partial charge in [-0.3, -0.25) is 0 Å². The molecule has 1 heterocycles. The highest BCUT2D eigenvalue weighted by atomic mass is 14.9. The molecule has 1 fully saturated rings. The first kappa shape index (κ1) is 10.3. The van der Waals surface area contributed by atoms with Crippen LogP contribution in [0.25, 0.3) is 0 Å². The highest BCUT2D eigenvalue weighted by molar-refractivity contribution is 5.37. The Morgan fingerprint density at radius 3 is 3.06 bits per heavy atom. The van der Waals surface area contributed by atoms with E-state index >= 15 is 0 Å². The van der Waals surface area contributed by atoms with Crippen molar-refractivity contribution in [2.45, 2.75) is 44.8 Å². The molecule has 1 aromatic rings. The van der Waals surface area contributed by atoms with Crippen LogP contribution in [0, 0.1) is 0 Å². The molecule has 1 aliphatic heterocycles. The van der Waals surface area contributed by atoms with E-state index in [1.165, 1.54) is 36.8 Å². The third kappa shape index (κ3) is 2.00. The Labute approximate surface area is 97.4 Å². The summed E-state index contributed by atoms with van der Waals surface area (Å²) in [5.41, 5.74) is 4.61. The average molecular weight is 216 g/mol. The SMILES string of the molecule is c1cc2c(c(CNC3CCC3)c1)CCNC2. The van der Waals surface area contributed by atoms with Gasteiger partial charge in [0.1, 0.15) is 0 Å². The van der Waals surface area contributed by atoms with Crippen LogP contribution < -0.4 is 10.6 Å². The van der Waals surface area contributed by atoms with Crippen molar-refractivity contribution in [3.8, 4) is 0 Å². The molecule has 16 heavy (non-hydrogen) atoms. The van der Waals surface area contributed by atoms with E-state index in [4.69, 9.17) is 0 Å². The summed E-state index contributed by atoms with van der Waals surface area (Å²) in [4.78, 5) is 0. The van der Waals surface area contributed by atoms with Crippen LogP contribution in [0.1, 0.15) is 36.0 Å². The summed E-state index contributed by atoms with van der Waals surface area (Å²) < 4.78 is 0. The van der Waals surface area contributed by atoms with Crippen molar-refractivity contribution in [2.24, 2.45) is 0 Å². The second-order valence-corrected chi connectivity index (χ2v) is 4.99. The smallest absolute Gasteiger partial charge is 0.0210 e. The summed E-state index contributed by atoms with van der Waals surface area (Å²) in [6.07, 6.45) is 5.35. The predicted molar refractivity (Wildman–Crippen MR) is 66.3 cm³/mol. The quantitative estimate of drug-likeness (QED) is 0.807. The van der Waals surface area contributed by atoms with Gasteiger partial charge in [-0.15, -0.1) is 0 Å². The molecule has 0 atom stereocenters. The zero-order valence-corrected chi connectivity index (χ0v) is 9.76. The number of hydrogen-bond acceptors (Lipinski definition) is 2. The third-order valence-corrected chi connectivity index (χ3v) is 3.92. The van der Waals surface area contributed by atoms with Gasteiger partial charge in [-0.2, -0.15) is 0 Å². The Balaban J connectivity index is 1.72. The average Bonchev–Trinajstić information content (AvgIpc) is 2.27. The minimum Gasteiger partial charge on any atom is -0.312 e. The molecule has 1 aliphatic carbocycles. The lowest BCUT2D eigenvalue weighted by Crippen LogP contribution is -2.35. The molecule has 2 N–H and O–H groups in total. The van der Waals surface area contributed by atoms with E-state index < -0.39 is 0 Å². The van der Waals surface area contributed by atoms with E-state index in [2.05, 4.69) is 28.8 Å². The first-order chi connectivity index (χ1) is 7.93. The van der Waals surface area contributed by atoms with Gasteiger partial charge in [-0.05, 0) is 42.5 Å². The van der Waals surface area contributed by atoms with Crippen LogP contribution in [0.15, 0.2) is 18.2 Å². The van der Waals surface area contributed by atoms with Gasteiger partial charge in [0.25, 0.3) is 0 Å². The summed E-state index contributed by atoms with van der Waals surface area (Å²) in [5.74, 6) is 0. The summed E-state index contributed by atoms with van der Waals surface area (Å²) in [5, 5.41) is 7.10. The maximum absolute atomic E-state index is 3.67. The lowest BCUT2D eigenvalue weighted by atomic mass is 9.91. The molecule has 1 saturated carbocycles. The van der Waals surface area contributed by atoms with Gasteiger partial charge >= 0.3 is 0 Å². The summed E-state index contributed by atoms with van der Waals surface area (Å²) in [6, 6.07) is 7.53. The van der Waals surface area contributed by atoms with Crippen molar-refractivity contribution >= 4 is 0 Å². The van der Waals surface area contributed by atoms with Crippen LogP contribution in [0.5, 0.6) is 0 Å². The first-order valence-electron chi connectivity index (χ1n) is 6.47. The summed E-state index contributed by atoms with van der Waals surface area (Å²) >= 11 is 0. The highest BCUT2D eigenvalue weighted by Crippen LogP contribution is 2.21. The Hall–Kier alpha value is -0.860. The van der Waals surface area contributed by atoms with Crippen LogP contribution in [-0.2, 0) is 19.5 Å². The maximum atomic E-state index is 3.67. The fourth-order valence-electron chi connectivity index (χ4n) is 2.64. The van der Waals surface area contributed by atoms with Crippen LogP contribution >= 0.6 is 0 Å². The molecule has 1 aromatic carbocycles. The van der Waals surface area contributed by atoms with Crippen molar-refractivity contribution in [2.75, 3.05) is 6.54 Å². The van der Waals surface area contributed by atoms with Crippen LogP contribution in [0.2, 0.25) is 0 Å². The van der Waals surface area contributed by atoms with Crippen molar-refractivity contribution in [1.29, 1.82) is 0 Å². The summed E-state index contributed by atoms with van der Waals surface area (Å²) in [6.45, 7) is 3.24. The Morgan fingerprint density at radius 2 is 2.25 bits per heavy atom. The molecular weight excluding hydrogens is 196 g/mol. The molecular formula is C14H20N2. The highest BCUT2D eigenvalue weighted by Gasteiger charge is 2.17. The monoisotopic (exact) mass is 216 g/mol. The molecule has 0 saturated heterocycles. The molecule has 0 aromatic heterocycles. The molecule has 2 aliphatic rings. The topological polar surface area (TPSA) is 24.1 Å². The molecule has 0 spiro atoms. The number of benzene rings is 1. The van der Waals surface area contributed by atoms with Crippen molar-refractivity contribution < 1.29 is 0 Å². The van der Waals surface area contributed by atoms with Gasteiger partial charge in [-0.1, -0.05) is 24.6 Å². The van der Waals surface area contributed by atoms with E-state index in [1.54, 1.807) is 5.56 Å². The standard InChI is InChI=1S/C14H20N2/c1-3-11-9-15-8-7-14(11)12(4-1)10-16-13-5-2-6-13/h1,3-4,13,15-16H,2,5-10H2. The molecule has 0 radical (unpaired) electrons. The molecule has 2 nitrogen and oxygen atoms in total. The van der Waals surface area contributed by atoms with Gasteiger partial charge in [-0.25, -0.2) is 0 Å². The first-order valence-corrected chi connectivity index (χ1v) is 6.47. The zero-order chi connectivity index (χ0) is 10.8. The maximum Gasteiger partial charge on any atom is 0.0210 e. The van der Waals surface area contributed by atoms with Crippen molar-refractivity contribution in [3.63, 3.8) is 0 Å². The minimum atomic E-state index is 0.789. The van der Waals surface area contributed by atoms with E-state index in [0.717, 1.165) is 25.7 Å². The van der Waals surface area contributed by atoms with Gasteiger partial charge in [0, 0.05) is 19.1 Å². The lowest BCUT2D eigenvalue weighted by molar-refractivity contribution is 0.338. The molecule has 2 heteroatoms. The summed E-state index contributed by atoms with van der Waals surface area (Å²) in [7, 11) is 0. The Bertz CT molecular complexity index is 369. The minimum absolute atomic E-state index is 0.789. The van der Waals surface area contributed by atoms with Crippen LogP contribution in [0.3, 0.4) is 0 Å². The number of fused-ring (bicyclic) bond motifs is 1. The van der Waals surface area contributed by atoms with Gasteiger partial charge in [0.05, 0.1) is 0 Å². The van der Waals surface area contributed by atoms with E-state index in [0.29, 0.717) is 0 Å². The Kier molecular flexibility index (Phi) is 2.94. The third-order valence-electron chi connectivity index (χ3n) is 3.92. The van der Waals surface area contributed by atoms with Crippen LogP contribution in [0.4, 0.5) is 0 Å². The fourth-order valence-corrected chi connectivity index (χ4v) is 2.64. The molecule has 0 bridgehead atoms. The number of rotatable bonds is 3. The second kappa shape index (κ2) is 4.56. The molecule has 0 unspecified atom stereocenters. The van der Waals surface area contributed by atoms with Gasteiger partial charge < -0.3 is 10.6 Å². The van der Waals surface area contributed by atoms with Gasteiger partial charge in [0.2, 0.25) is 0 Å². The fraction of sp³-hybridized carbons (Fsp3) is 0.571. The molecule has 0 amide bonds. The van der Waals surface area contributed by atoms with E-state index in [9.17, 15) is 0 Å². The van der Waals surface area contributed by atoms with Crippen molar-refractivity contribution in [3.05, 3.63) is 34.9 Å². The lowest BCUT2D eigenvalue weighted by Gasteiger charge is -2.28. The van der Waals surface area contributed by atoms with Crippen LogP contribution in [-0.4, -0.2) is 12.6 Å². The van der Waals surface area contributed by atoms with E-state index in [-0.39, 0.29) is 0 Å². The molecule has 86 valence electrons. The van der Waals surface area contributed by atoms with Gasteiger partial charge in [0.15, 0.2) is 0 Å². The zero-order valence-electron chi connectivity index (χ0n) is 9.76.